The van der Waals surface area contributed by atoms with Crippen molar-refractivity contribution >= 4 is 5.91 Å². The highest BCUT2D eigenvalue weighted by atomic mass is 16.5. The predicted molar refractivity (Wildman–Crippen MR) is 101 cm³/mol. The number of nitrogens with one attached hydrogen (secondary N) is 1. The summed E-state index contributed by atoms with van der Waals surface area (Å²) in [6.07, 6.45) is -0.738. The lowest BCUT2D eigenvalue weighted by atomic mass is 10.1. The van der Waals surface area contributed by atoms with Gasteiger partial charge in [0.2, 0.25) is 0 Å². The van der Waals surface area contributed by atoms with E-state index >= 15 is 0 Å². The predicted octanol–water partition coefficient (Wildman–Crippen LogP) is 3.73. The van der Waals surface area contributed by atoms with Gasteiger partial charge < -0.3 is 15.2 Å². The molecule has 1 unspecified atom stereocenters. The van der Waals surface area contributed by atoms with E-state index in [-0.39, 0.29) is 12.5 Å². The molecule has 2 N–H and O–H groups in total. The normalized spacial score (nSPS) is 11.6. The fourth-order valence-electron chi connectivity index (χ4n) is 2.55. The van der Waals surface area contributed by atoms with Crippen molar-refractivity contribution in [3.63, 3.8) is 0 Å². The van der Waals surface area contributed by atoms with E-state index in [1.165, 1.54) is 0 Å². The first-order valence-electron chi connectivity index (χ1n) is 8.50. The van der Waals surface area contributed by atoms with Crippen molar-refractivity contribution in [3.8, 4) is 5.75 Å². The molecule has 3 aromatic rings. The first-order valence-corrected chi connectivity index (χ1v) is 8.50. The maximum absolute atomic E-state index is 12.3. The highest BCUT2D eigenvalue weighted by Crippen LogP contribution is 2.16. The summed E-state index contributed by atoms with van der Waals surface area (Å²) in [5.74, 6) is 0.384. The molecule has 1 atom stereocenters. The number of hydrogen-bond donors (Lipinski definition) is 2. The summed E-state index contributed by atoms with van der Waals surface area (Å²) in [4.78, 5) is 12.3. The third-order valence-electron chi connectivity index (χ3n) is 3.98. The molecule has 0 aliphatic heterocycles. The molecule has 132 valence electrons. The number of rotatable bonds is 7. The van der Waals surface area contributed by atoms with Crippen LogP contribution >= 0.6 is 0 Å². The molecule has 4 nitrogen and oxygen atoms in total. The molecule has 26 heavy (non-hydrogen) atoms. The van der Waals surface area contributed by atoms with Crippen LogP contribution in [0.15, 0.2) is 84.9 Å². The van der Waals surface area contributed by atoms with Crippen molar-refractivity contribution in [2.24, 2.45) is 0 Å². The number of carbonyl (C=O) groups excluding carboxylic acids is 1. The summed E-state index contributed by atoms with van der Waals surface area (Å²) in [6, 6.07) is 26.1. The fourth-order valence-corrected chi connectivity index (χ4v) is 2.55. The molecule has 4 heteroatoms. The maximum atomic E-state index is 12.3. The van der Waals surface area contributed by atoms with Crippen molar-refractivity contribution in [2.45, 2.75) is 12.7 Å². The minimum atomic E-state index is -0.738. The molecule has 0 saturated carbocycles. The van der Waals surface area contributed by atoms with Gasteiger partial charge in [-0.2, -0.15) is 0 Å². The number of benzene rings is 3. The van der Waals surface area contributed by atoms with E-state index in [2.05, 4.69) is 5.32 Å². The molecule has 0 saturated heterocycles. The van der Waals surface area contributed by atoms with E-state index in [0.717, 1.165) is 11.1 Å². The van der Waals surface area contributed by atoms with Gasteiger partial charge in [-0.1, -0.05) is 66.7 Å². The molecule has 0 aliphatic carbocycles. The Kier molecular flexibility index (Phi) is 6.01. The smallest absolute Gasteiger partial charge is 0.251 e. The van der Waals surface area contributed by atoms with Gasteiger partial charge in [0, 0.05) is 12.1 Å². The van der Waals surface area contributed by atoms with Gasteiger partial charge in [-0.05, 0) is 29.3 Å². The first kappa shape index (κ1) is 17.7. The first-order chi connectivity index (χ1) is 12.7. The van der Waals surface area contributed by atoms with Crippen LogP contribution in [0.1, 0.15) is 27.6 Å². The molecule has 0 heterocycles. The van der Waals surface area contributed by atoms with Crippen molar-refractivity contribution in [1.82, 2.24) is 5.32 Å². The third kappa shape index (κ3) is 4.94. The fraction of sp³-hybridized carbons (Fsp3) is 0.136. The number of amides is 1. The van der Waals surface area contributed by atoms with Crippen molar-refractivity contribution < 1.29 is 14.6 Å². The second kappa shape index (κ2) is 8.83. The van der Waals surface area contributed by atoms with Crippen LogP contribution in [0.3, 0.4) is 0 Å². The standard InChI is InChI=1S/C22H21NO3/c24-21(18-10-5-2-6-11-18)15-23-22(25)19-12-7-13-20(14-19)26-16-17-8-3-1-4-9-17/h1-14,21,24H,15-16H2,(H,23,25). The van der Waals surface area contributed by atoms with Gasteiger partial charge in [-0.3, -0.25) is 4.79 Å². The Balaban J connectivity index is 1.56. The summed E-state index contributed by atoms with van der Waals surface area (Å²) in [5.41, 5.74) is 2.33. The van der Waals surface area contributed by atoms with Gasteiger partial charge in [0.1, 0.15) is 12.4 Å². The monoisotopic (exact) mass is 347 g/mol. The van der Waals surface area contributed by atoms with Gasteiger partial charge in [0.15, 0.2) is 0 Å². The molecule has 0 aliphatic rings. The van der Waals surface area contributed by atoms with Crippen LogP contribution in [0.25, 0.3) is 0 Å². The Morgan fingerprint density at radius 2 is 1.62 bits per heavy atom. The van der Waals surface area contributed by atoms with Crippen LogP contribution in [-0.2, 0) is 6.61 Å². The summed E-state index contributed by atoms with van der Waals surface area (Å²) < 4.78 is 5.75. The lowest BCUT2D eigenvalue weighted by Crippen LogP contribution is -2.28. The van der Waals surface area contributed by atoms with Crippen LogP contribution < -0.4 is 10.1 Å². The zero-order valence-electron chi connectivity index (χ0n) is 14.3. The second-order valence-electron chi connectivity index (χ2n) is 5.94. The van der Waals surface area contributed by atoms with Gasteiger partial charge in [0.25, 0.3) is 5.91 Å². The maximum Gasteiger partial charge on any atom is 0.251 e. The minimum Gasteiger partial charge on any atom is -0.489 e. The Morgan fingerprint density at radius 3 is 2.35 bits per heavy atom. The van der Waals surface area contributed by atoms with Crippen LogP contribution in [0, 0.1) is 0 Å². The molecule has 1 amide bonds. The Labute approximate surface area is 153 Å². The van der Waals surface area contributed by atoms with E-state index in [9.17, 15) is 9.90 Å². The molecule has 0 radical (unpaired) electrons. The summed E-state index contributed by atoms with van der Waals surface area (Å²) in [6.45, 7) is 0.594. The van der Waals surface area contributed by atoms with Gasteiger partial charge in [-0.15, -0.1) is 0 Å². The molecular formula is C22H21NO3. The lowest BCUT2D eigenvalue weighted by Gasteiger charge is -2.13. The number of aliphatic hydroxyl groups excluding tert-OH is 1. The highest BCUT2D eigenvalue weighted by molar-refractivity contribution is 5.94. The number of aliphatic hydroxyl groups is 1. The molecule has 3 rings (SSSR count). The number of hydrogen-bond acceptors (Lipinski definition) is 3. The Hall–Kier alpha value is -3.11. The summed E-state index contributed by atoms with van der Waals surface area (Å²) in [5, 5.41) is 12.9. The van der Waals surface area contributed by atoms with Crippen molar-refractivity contribution in [3.05, 3.63) is 102 Å². The topological polar surface area (TPSA) is 58.6 Å². The van der Waals surface area contributed by atoms with E-state index < -0.39 is 6.10 Å². The van der Waals surface area contributed by atoms with E-state index in [1.807, 2.05) is 66.7 Å². The quantitative estimate of drug-likeness (QED) is 0.685. The highest BCUT2D eigenvalue weighted by Gasteiger charge is 2.11. The molecule has 3 aromatic carbocycles. The SMILES string of the molecule is O=C(NCC(O)c1ccccc1)c1cccc(OCc2ccccc2)c1. The molecule has 0 aromatic heterocycles. The summed E-state index contributed by atoms with van der Waals surface area (Å²) in [7, 11) is 0. The third-order valence-corrected chi connectivity index (χ3v) is 3.98. The number of carbonyl (C=O) groups is 1. The van der Waals surface area contributed by atoms with Gasteiger partial charge in [-0.25, -0.2) is 0 Å². The van der Waals surface area contributed by atoms with Crippen LogP contribution in [0.4, 0.5) is 0 Å². The molecule has 0 fully saturated rings. The number of ether oxygens (including phenoxy) is 1. The van der Waals surface area contributed by atoms with Crippen molar-refractivity contribution in [1.29, 1.82) is 0 Å². The summed E-state index contributed by atoms with van der Waals surface area (Å²) >= 11 is 0. The van der Waals surface area contributed by atoms with Crippen LogP contribution in [-0.4, -0.2) is 17.6 Å². The lowest BCUT2D eigenvalue weighted by molar-refractivity contribution is 0.0916. The molecule has 0 spiro atoms. The van der Waals surface area contributed by atoms with E-state index in [0.29, 0.717) is 17.9 Å². The van der Waals surface area contributed by atoms with Crippen molar-refractivity contribution in [2.75, 3.05) is 6.54 Å². The van der Waals surface area contributed by atoms with Crippen LogP contribution in [0.2, 0.25) is 0 Å². The zero-order chi connectivity index (χ0) is 18.2. The van der Waals surface area contributed by atoms with Gasteiger partial charge in [0.05, 0.1) is 6.10 Å². The zero-order valence-corrected chi connectivity index (χ0v) is 14.3. The van der Waals surface area contributed by atoms with E-state index in [1.54, 1.807) is 18.2 Å². The largest absolute Gasteiger partial charge is 0.489 e. The molecular weight excluding hydrogens is 326 g/mol. The Bertz CT molecular complexity index is 834. The Morgan fingerprint density at radius 1 is 0.923 bits per heavy atom. The van der Waals surface area contributed by atoms with Gasteiger partial charge >= 0.3 is 0 Å². The molecule has 0 bridgehead atoms. The van der Waals surface area contributed by atoms with E-state index in [4.69, 9.17) is 4.74 Å². The second-order valence-corrected chi connectivity index (χ2v) is 5.94. The van der Waals surface area contributed by atoms with Crippen LogP contribution in [0.5, 0.6) is 5.75 Å². The average molecular weight is 347 g/mol. The average Bonchev–Trinajstić information content (AvgIpc) is 2.72. The minimum absolute atomic E-state index is 0.151.